The highest BCUT2D eigenvalue weighted by molar-refractivity contribution is 5.91. The zero-order valence-electron chi connectivity index (χ0n) is 10.2. The van der Waals surface area contributed by atoms with Gasteiger partial charge in [0, 0.05) is 18.7 Å². The fraction of sp³-hybridized carbons (Fsp3) is 0.417. The van der Waals surface area contributed by atoms with E-state index < -0.39 is 17.3 Å². The van der Waals surface area contributed by atoms with E-state index in [1.807, 2.05) is 25.7 Å². The van der Waals surface area contributed by atoms with Gasteiger partial charge < -0.3 is 15.7 Å². The summed E-state index contributed by atoms with van der Waals surface area (Å²) in [5.74, 6) is -2.07. The van der Waals surface area contributed by atoms with Crippen LogP contribution in [0.3, 0.4) is 0 Å². The highest BCUT2D eigenvalue weighted by Crippen LogP contribution is 2.28. The molecule has 0 aliphatic carbocycles. The van der Waals surface area contributed by atoms with Crippen molar-refractivity contribution in [1.82, 2.24) is 0 Å². The van der Waals surface area contributed by atoms with Crippen molar-refractivity contribution >= 4 is 17.3 Å². The fourth-order valence-electron chi connectivity index (χ4n) is 1.81. The number of halogens is 1. The molecule has 1 aromatic rings. The quantitative estimate of drug-likeness (QED) is 0.793. The van der Waals surface area contributed by atoms with Gasteiger partial charge >= 0.3 is 5.97 Å². The van der Waals surface area contributed by atoms with Gasteiger partial charge in [-0.05, 0) is 26.8 Å². The Bertz CT molecular complexity index is 433. The molecule has 0 amide bonds. The van der Waals surface area contributed by atoms with Crippen molar-refractivity contribution in [1.29, 1.82) is 0 Å². The molecule has 0 aromatic heterocycles. The molecular weight excluding hydrogens is 223 g/mol. The molecule has 4 nitrogen and oxygen atoms in total. The van der Waals surface area contributed by atoms with Crippen LogP contribution in [0.1, 0.15) is 31.1 Å². The monoisotopic (exact) mass is 240 g/mol. The van der Waals surface area contributed by atoms with Crippen LogP contribution in [0, 0.1) is 5.82 Å². The minimum atomic E-state index is -1.31. The molecular formula is C12H17FN2O2. The molecule has 94 valence electrons. The van der Waals surface area contributed by atoms with Gasteiger partial charge in [-0.3, -0.25) is 0 Å². The topological polar surface area (TPSA) is 66.6 Å². The number of nitrogens with two attached hydrogens (primary N) is 1. The standard InChI is InChI=1S/C12H17FN2O2/c1-4-15(7(2)3)11-6-9(13)8(12(16)17)5-10(11)14/h5-7H,4,14H2,1-3H3,(H,16,17). The van der Waals surface area contributed by atoms with Crippen LogP contribution in [-0.4, -0.2) is 23.7 Å². The first-order valence-corrected chi connectivity index (χ1v) is 5.47. The molecule has 1 rings (SSSR count). The van der Waals surface area contributed by atoms with Crippen molar-refractivity contribution in [3.8, 4) is 0 Å². The Balaban J connectivity index is 3.28. The van der Waals surface area contributed by atoms with Gasteiger partial charge in [0.15, 0.2) is 0 Å². The normalized spacial score (nSPS) is 10.6. The van der Waals surface area contributed by atoms with Crippen molar-refractivity contribution in [2.45, 2.75) is 26.8 Å². The second-order valence-electron chi connectivity index (χ2n) is 4.08. The van der Waals surface area contributed by atoms with Crippen LogP contribution in [-0.2, 0) is 0 Å². The summed E-state index contributed by atoms with van der Waals surface area (Å²) in [6, 6.07) is 2.51. The van der Waals surface area contributed by atoms with Gasteiger partial charge in [-0.15, -0.1) is 0 Å². The molecule has 0 aliphatic rings. The summed E-state index contributed by atoms with van der Waals surface area (Å²) in [5.41, 5.74) is 6.18. The van der Waals surface area contributed by atoms with E-state index in [1.165, 1.54) is 6.07 Å². The summed E-state index contributed by atoms with van der Waals surface area (Å²) in [6.07, 6.45) is 0. The lowest BCUT2D eigenvalue weighted by Gasteiger charge is -2.29. The second kappa shape index (κ2) is 5.03. The predicted molar refractivity (Wildman–Crippen MR) is 65.9 cm³/mol. The van der Waals surface area contributed by atoms with Crippen LogP contribution in [0.5, 0.6) is 0 Å². The number of benzene rings is 1. The van der Waals surface area contributed by atoms with Gasteiger partial charge in [0.2, 0.25) is 0 Å². The third kappa shape index (κ3) is 2.67. The molecule has 0 fully saturated rings. The number of carbonyl (C=O) groups is 1. The van der Waals surface area contributed by atoms with Crippen molar-refractivity contribution in [2.24, 2.45) is 0 Å². The number of nitrogen functional groups attached to an aromatic ring is 1. The fourth-order valence-corrected chi connectivity index (χ4v) is 1.81. The zero-order chi connectivity index (χ0) is 13.2. The molecule has 0 bridgehead atoms. The van der Waals surface area contributed by atoms with Crippen LogP contribution >= 0.6 is 0 Å². The first kappa shape index (κ1) is 13.3. The van der Waals surface area contributed by atoms with Crippen molar-refractivity contribution in [3.05, 3.63) is 23.5 Å². The molecule has 0 radical (unpaired) electrons. The summed E-state index contributed by atoms with van der Waals surface area (Å²) in [4.78, 5) is 12.7. The van der Waals surface area contributed by atoms with E-state index in [2.05, 4.69) is 0 Å². The van der Waals surface area contributed by atoms with Crippen molar-refractivity contribution < 1.29 is 14.3 Å². The Labute approximate surface area is 99.8 Å². The van der Waals surface area contributed by atoms with Gasteiger partial charge in [0.1, 0.15) is 5.82 Å². The van der Waals surface area contributed by atoms with E-state index in [4.69, 9.17) is 10.8 Å². The zero-order valence-corrected chi connectivity index (χ0v) is 10.2. The van der Waals surface area contributed by atoms with Crippen LogP contribution in [0.4, 0.5) is 15.8 Å². The Kier molecular flexibility index (Phi) is 3.93. The summed E-state index contributed by atoms with van der Waals surface area (Å²) in [6.45, 7) is 6.54. The number of carboxylic acid groups (broad SMARTS) is 1. The molecule has 5 heteroatoms. The van der Waals surface area contributed by atoms with E-state index >= 15 is 0 Å². The Morgan fingerprint density at radius 1 is 1.53 bits per heavy atom. The SMILES string of the molecule is CCN(c1cc(F)c(C(=O)O)cc1N)C(C)C. The smallest absolute Gasteiger partial charge is 0.338 e. The molecule has 0 aliphatic heterocycles. The van der Waals surface area contributed by atoms with Crippen LogP contribution in [0.25, 0.3) is 0 Å². The molecule has 0 atom stereocenters. The van der Waals surface area contributed by atoms with Gasteiger partial charge in [0.25, 0.3) is 0 Å². The van der Waals surface area contributed by atoms with Crippen molar-refractivity contribution in [3.63, 3.8) is 0 Å². The minimum absolute atomic E-state index is 0.164. The number of hydrogen-bond donors (Lipinski definition) is 2. The number of rotatable bonds is 4. The molecule has 0 spiro atoms. The number of carboxylic acids is 1. The molecule has 0 heterocycles. The highest BCUT2D eigenvalue weighted by atomic mass is 19.1. The van der Waals surface area contributed by atoms with Gasteiger partial charge in [-0.2, -0.15) is 0 Å². The molecule has 17 heavy (non-hydrogen) atoms. The third-order valence-corrected chi connectivity index (χ3v) is 2.62. The molecule has 0 saturated heterocycles. The lowest BCUT2D eigenvalue weighted by Crippen LogP contribution is -2.31. The Morgan fingerprint density at radius 3 is 2.53 bits per heavy atom. The van der Waals surface area contributed by atoms with Crippen LogP contribution < -0.4 is 10.6 Å². The summed E-state index contributed by atoms with van der Waals surface area (Å²) in [7, 11) is 0. The third-order valence-electron chi connectivity index (χ3n) is 2.62. The number of hydrogen-bond acceptors (Lipinski definition) is 3. The first-order chi connectivity index (χ1) is 7.88. The van der Waals surface area contributed by atoms with Crippen LogP contribution in [0.15, 0.2) is 12.1 Å². The Hall–Kier alpha value is -1.78. The van der Waals surface area contributed by atoms with E-state index in [9.17, 15) is 9.18 Å². The first-order valence-electron chi connectivity index (χ1n) is 5.47. The van der Waals surface area contributed by atoms with E-state index in [-0.39, 0.29) is 11.7 Å². The van der Waals surface area contributed by atoms with Gasteiger partial charge in [-0.1, -0.05) is 0 Å². The van der Waals surface area contributed by atoms with E-state index in [1.54, 1.807) is 0 Å². The van der Waals surface area contributed by atoms with E-state index in [0.717, 1.165) is 6.07 Å². The average Bonchev–Trinajstić information content (AvgIpc) is 2.22. The average molecular weight is 240 g/mol. The molecule has 0 saturated carbocycles. The molecule has 3 N–H and O–H groups in total. The van der Waals surface area contributed by atoms with Gasteiger partial charge in [-0.25, -0.2) is 9.18 Å². The maximum atomic E-state index is 13.6. The largest absolute Gasteiger partial charge is 0.478 e. The molecule has 0 unspecified atom stereocenters. The van der Waals surface area contributed by atoms with Crippen LogP contribution in [0.2, 0.25) is 0 Å². The van der Waals surface area contributed by atoms with E-state index in [0.29, 0.717) is 12.2 Å². The van der Waals surface area contributed by atoms with Gasteiger partial charge in [0.05, 0.1) is 16.9 Å². The minimum Gasteiger partial charge on any atom is -0.478 e. The van der Waals surface area contributed by atoms with Crippen molar-refractivity contribution in [2.75, 3.05) is 17.2 Å². The number of aromatic carboxylic acids is 1. The number of anilines is 2. The predicted octanol–water partition coefficient (Wildman–Crippen LogP) is 2.34. The number of nitrogens with zero attached hydrogens (tertiary/aromatic N) is 1. The summed E-state index contributed by atoms with van der Waals surface area (Å²) < 4.78 is 13.6. The lowest BCUT2D eigenvalue weighted by molar-refractivity contribution is 0.0692. The maximum absolute atomic E-state index is 13.6. The Morgan fingerprint density at radius 2 is 2.12 bits per heavy atom. The molecule has 1 aromatic carbocycles. The lowest BCUT2D eigenvalue weighted by atomic mass is 10.1. The second-order valence-corrected chi connectivity index (χ2v) is 4.08. The summed E-state index contributed by atoms with van der Waals surface area (Å²) >= 11 is 0. The maximum Gasteiger partial charge on any atom is 0.338 e. The summed E-state index contributed by atoms with van der Waals surface area (Å²) in [5, 5.41) is 8.78. The highest BCUT2D eigenvalue weighted by Gasteiger charge is 2.18.